The minimum atomic E-state index is -0.0928. The number of likely N-dealkylation sites (tertiary alicyclic amines) is 1. The van der Waals surface area contributed by atoms with E-state index in [4.69, 9.17) is 9.47 Å². The maximum absolute atomic E-state index is 12.8. The quantitative estimate of drug-likeness (QED) is 0.901. The van der Waals surface area contributed by atoms with E-state index in [1.807, 2.05) is 25.1 Å². The molecule has 3 rings (SSSR count). The van der Waals surface area contributed by atoms with Crippen LogP contribution in [0.3, 0.4) is 0 Å². The lowest BCUT2D eigenvalue weighted by Crippen LogP contribution is -2.43. The maximum atomic E-state index is 12.8. The predicted octanol–water partition coefficient (Wildman–Crippen LogP) is 3.10. The number of ether oxygens (including phenoxy) is 2. The molecule has 0 aliphatic carbocycles. The molecule has 2 heterocycles. The predicted molar refractivity (Wildman–Crippen MR) is 94.2 cm³/mol. The zero-order valence-electron chi connectivity index (χ0n) is 14.5. The molecule has 24 heavy (non-hydrogen) atoms. The summed E-state index contributed by atoms with van der Waals surface area (Å²) < 4.78 is 11.0. The van der Waals surface area contributed by atoms with Crippen LogP contribution in [0.5, 0.6) is 5.75 Å². The number of nitrogens with one attached hydrogen (secondary N) is 1. The Balaban J connectivity index is 1.65. The highest BCUT2D eigenvalue weighted by Crippen LogP contribution is 2.27. The van der Waals surface area contributed by atoms with Gasteiger partial charge in [-0.15, -0.1) is 0 Å². The van der Waals surface area contributed by atoms with Crippen molar-refractivity contribution < 1.29 is 14.3 Å². The second-order valence-corrected chi connectivity index (χ2v) is 6.55. The number of carbonyl (C=O) groups is 1. The first-order valence-corrected chi connectivity index (χ1v) is 8.67. The Morgan fingerprint density at radius 3 is 3.04 bits per heavy atom. The first-order valence-electron chi connectivity index (χ1n) is 8.67. The summed E-state index contributed by atoms with van der Waals surface area (Å²) in [5.41, 5.74) is 1.84. The molecular weight excluding hydrogens is 304 g/mol. The number of methoxy groups -OCH3 is 1. The van der Waals surface area contributed by atoms with E-state index in [1.54, 1.807) is 13.4 Å². The Morgan fingerprint density at radius 1 is 1.42 bits per heavy atom. The van der Waals surface area contributed by atoms with E-state index in [0.29, 0.717) is 5.75 Å². The summed E-state index contributed by atoms with van der Waals surface area (Å²) in [7, 11) is 1.62. The molecule has 0 unspecified atom stereocenters. The third-order valence-corrected chi connectivity index (χ3v) is 4.74. The fourth-order valence-corrected chi connectivity index (χ4v) is 3.46. The Hall–Kier alpha value is -2.01. The Morgan fingerprint density at radius 2 is 2.29 bits per heavy atom. The number of rotatable bonds is 5. The van der Waals surface area contributed by atoms with Crippen LogP contribution in [0.1, 0.15) is 31.2 Å². The molecule has 0 bridgehead atoms. The summed E-state index contributed by atoms with van der Waals surface area (Å²) in [5.74, 6) is 0.738. The Bertz CT molecular complexity index is 615. The Kier molecular flexibility index (Phi) is 5.41. The highest BCUT2D eigenvalue weighted by atomic mass is 16.5. The summed E-state index contributed by atoms with van der Waals surface area (Å²) >= 11 is 0. The van der Waals surface area contributed by atoms with Crippen LogP contribution >= 0.6 is 0 Å². The molecule has 1 fully saturated rings. The highest BCUT2D eigenvalue weighted by Gasteiger charge is 2.33. The van der Waals surface area contributed by atoms with Gasteiger partial charge in [-0.25, -0.2) is 0 Å². The molecule has 2 atom stereocenters. The first-order chi connectivity index (χ1) is 11.7. The number of anilines is 1. The molecule has 130 valence electrons. The molecule has 0 saturated carbocycles. The van der Waals surface area contributed by atoms with Crippen molar-refractivity contribution in [1.82, 2.24) is 4.90 Å². The van der Waals surface area contributed by atoms with E-state index in [-0.39, 0.29) is 18.1 Å². The van der Waals surface area contributed by atoms with Gasteiger partial charge < -0.3 is 14.8 Å². The fourth-order valence-electron chi connectivity index (χ4n) is 3.46. The third-order valence-electron chi connectivity index (χ3n) is 4.74. The van der Waals surface area contributed by atoms with Crippen LogP contribution in [0.4, 0.5) is 5.69 Å². The number of aryl methyl sites for hydroxylation is 1. The van der Waals surface area contributed by atoms with E-state index < -0.39 is 0 Å². The molecule has 0 aromatic heterocycles. The molecule has 5 nitrogen and oxygen atoms in total. The summed E-state index contributed by atoms with van der Waals surface area (Å²) in [6.07, 6.45) is 8.04. The van der Waals surface area contributed by atoms with Crippen molar-refractivity contribution >= 4 is 11.6 Å². The first kappa shape index (κ1) is 16.8. The SMILES string of the molecule is COc1ccc(C)cc1NC(=O)[C@@H]1CCCN1C[C@H]1CCC=CO1. The van der Waals surface area contributed by atoms with Gasteiger partial charge in [0.25, 0.3) is 0 Å². The minimum absolute atomic E-state index is 0.0442. The molecule has 5 heteroatoms. The lowest BCUT2D eigenvalue weighted by molar-refractivity contribution is -0.120. The van der Waals surface area contributed by atoms with Gasteiger partial charge in [0.2, 0.25) is 5.91 Å². The van der Waals surface area contributed by atoms with Crippen LogP contribution in [0.2, 0.25) is 0 Å². The van der Waals surface area contributed by atoms with Crippen LogP contribution in [0.25, 0.3) is 0 Å². The summed E-state index contributed by atoms with van der Waals surface area (Å²) in [6.45, 7) is 3.77. The summed E-state index contributed by atoms with van der Waals surface area (Å²) in [4.78, 5) is 15.0. The molecule has 0 radical (unpaired) electrons. The Labute approximate surface area is 143 Å². The van der Waals surface area contributed by atoms with Gasteiger partial charge in [-0.1, -0.05) is 6.07 Å². The van der Waals surface area contributed by atoms with Crippen molar-refractivity contribution in [3.8, 4) is 5.75 Å². The van der Waals surface area contributed by atoms with E-state index in [2.05, 4.69) is 16.3 Å². The van der Waals surface area contributed by atoms with Crippen LogP contribution in [0.15, 0.2) is 30.5 Å². The lowest BCUT2D eigenvalue weighted by atomic mass is 10.1. The zero-order chi connectivity index (χ0) is 16.9. The van der Waals surface area contributed by atoms with Gasteiger partial charge >= 0.3 is 0 Å². The standard InChI is InChI=1S/C19H26N2O3/c1-14-8-9-18(23-2)16(12-14)20-19(22)17-7-5-10-21(17)13-15-6-3-4-11-24-15/h4,8-9,11-12,15,17H,3,5-7,10,13H2,1-2H3,(H,20,22)/t15-,17+/m1/s1. The number of carbonyl (C=O) groups excluding carboxylic acids is 1. The van der Waals surface area contributed by atoms with Gasteiger partial charge in [0.15, 0.2) is 0 Å². The molecule has 2 aliphatic heterocycles. The number of benzene rings is 1. The van der Waals surface area contributed by atoms with E-state index >= 15 is 0 Å². The topological polar surface area (TPSA) is 50.8 Å². The van der Waals surface area contributed by atoms with Crippen molar-refractivity contribution in [2.24, 2.45) is 0 Å². The smallest absolute Gasteiger partial charge is 0.241 e. The highest BCUT2D eigenvalue weighted by molar-refractivity contribution is 5.96. The lowest BCUT2D eigenvalue weighted by Gasteiger charge is -2.29. The summed E-state index contributed by atoms with van der Waals surface area (Å²) in [5, 5.41) is 3.05. The van der Waals surface area contributed by atoms with Crippen molar-refractivity contribution in [2.45, 2.75) is 44.8 Å². The molecule has 2 aliphatic rings. The average Bonchev–Trinajstić information content (AvgIpc) is 3.04. The second kappa shape index (κ2) is 7.71. The van der Waals surface area contributed by atoms with Crippen molar-refractivity contribution in [2.75, 3.05) is 25.5 Å². The zero-order valence-corrected chi connectivity index (χ0v) is 14.5. The average molecular weight is 330 g/mol. The number of allylic oxidation sites excluding steroid dienone is 1. The van der Waals surface area contributed by atoms with Gasteiger partial charge in [0, 0.05) is 6.54 Å². The summed E-state index contributed by atoms with van der Waals surface area (Å²) in [6, 6.07) is 5.72. The van der Waals surface area contributed by atoms with E-state index in [1.165, 1.54) is 0 Å². The van der Waals surface area contributed by atoms with E-state index in [0.717, 1.165) is 50.0 Å². The van der Waals surface area contributed by atoms with Gasteiger partial charge in [-0.3, -0.25) is 9.69 Å². The minimum Gasteiger partial charge on any atom is -0.497 e. The maximum Gasteiger partial charge on any atom is 0.241 e. The van der Waals surface area contributed by atoms with Crippen LogP contribution < -0.4 is 10.1 Å². The molecule has 0 spiro atoms. The molecule has 1 aromatic carbocycles. The largest absolute Gasteiger partial charge is 0.497 e. The van der Waals surface area contributed by atoms with Crippen LogP contribution in [-0.4, -0.2) is 43.2 Å². The van der Waals surface area contributed by atoms with Gasteiger partial charge in [0.05, 0.1) is 25.1 Å². The van der Waals surface area contributed by atoms with Gasteiger partial charge in [-0.2, -0.15) is 0 Å². The molecule has 1 amide bonds. The van der Waals surface area contributed by atoms with Crippen molar-refractivity contribution in [1.29, 1.82) is 0 Å². The van der Waals surface area contributed by atoms with Gasteiger partial charge in [-0.05, 0) is 62.9 Å². The number of amides is 1. The number of hydrogen-bond donors (Lipinski definition) is 1. The third kappa shape index (κ3) is 3.90. The van der Waals surface area contributed by atoms with Crippen molar-refractivity contribution in [3.63, 3.8) is 0 Å². The monoisotopic (exact) mass is 330 g/mol. The number of nitrogens with zero attached hydrogens (tertiary/aromatic N) is 1. The molecular formula is C19H26N2O3. The van der Waals surface area contributed by atoms with Crippen LogP contribution in [-0.2, 0) is 9.53 Å². The molecule has 1 saturated heterocycles. The van der Waals surface area contributed by atoms with Crippen LogP contribution in [0, 0.1) is 6.92 Å². The van der Waals surface area contributed by atoms with Crippen molar-refractivity contribution in [3.05, 3.63) is 36.1 Å². The van der Waals surface area contributed by atoms with E-state index in [9.17, 15) is 4.79 Å². The molecule has 1 N–H and O–H groups in total. The van der Waals surface area contributed by atoms with Gasteiger partial charge in [0.1, 0.15) is 11.9 Å². The second-order valence-electron chi connectivity index (χ2n) is 6.55. The fraction of sp³-hybridized carbons (Fsp3) is 0.526. The molecule has 1 aromatic rings. The normalized spacial score (nSPS) is 23.8. The number of hydrogen-bond acceptors (Lipinski definition) is 4.